The highest BCUT2D eigenvalue weighted by Crippen LogP contribution is 2.16. The van der Waals surface area contributed by atoms with Crippen molar-refractivity contribution in [3.63, 3.8) is 0 Å². The van der Waals surface area contributed by atoms with E-state index in [0.717, 1.165) is 31.6 Å². The van der Waals surface area contributed by atoms with Crippen molar-refractivity contribution in [2.75, 3.05) is 6.54 Å². The van der Waals surface area contributed by atoms with Crippen LogP contribution < -0.4 is 11.1 Å². The number of aromatic nitrogens is 2. The Morgan fingerprint density at radius 2 is 2.47 bits per heavy atom. The number of hydrogen-bond acceptors (Lipinski definition) is 3. The maximum atomic E-state index is 5.85. The summed E-state index contributed by atoms with van der Waals surface area (Å²) >= 11 is 0. The van der Waals surface area contributed by atoms with Crippen molar-refractivity contribution in [1.29, 1.82) is 0 Å². The van der Waals surface area contributed by atoms with Crippen LogP contribution in [0.25, 0.3) is 0 Å². The van der Waals surface area contributed by atoms with E-state index in [9.17, 15) is 0 Å². The monoisotopic (exact) mass is 208 g/mol. The summed E-state index contributed by atoms with van der Waals surface area (Å²) in [5.41, 5.74) is 5.85. The first-order valence-corrected chi connectivity index (χ1v) is 5.82. The zero-order valence-corrected chi connectivity index (χ0v) is 9.08. The van der Waals surface area contributed by atoms with Crippen molar-refractivity contribution in [3.8, 4) is 0 Å². The molecule has 1 fully saturated rings. The lowest BCUT2D eigenvalue weighted by Crippen LogP contribution is -2.29. The highest BCUT2D eigenvalue weighted by molar-refractivity contribution is 4.87. The zero-order valence-electron chi connectivity index (χ0n) is 9.08. The van der Waals surface area contributed by atoms with Gasteiger partial charge in [-0.3, -0.25) is 0 Å². The molecular formula is C11H20N4. The maximum absolute atomic E-state index is 5.85. The van der Waals surface area contributed by atoms with Crippen LogP contribution in [0.3, 0.4) is 0 Å². The second-order valence-corrected chi connectivity index (χ2v) is 4.36. The van der Waals surface area contributed by atoms with E-state index in [-0.39, 0.29) is 0 Å². The summed E-state index contributed by atoms with van der Waals surface area (Å²) in [5, 5.41) is 3.55. The lowest BCUT2D eigenvalue weighted by atomic mass is 10.2. The third kappa shape index (κ3) is 3.32. The molecule has 84 valence electrons. The minimum atomic E-state index is 0.424. The van der Waals surface area contributed by atoms with Gasteiger partial charge in [-0.05, 0) is 32.2 Å². The number of H-pyrrole nitrogens is 1. The van der Waals surface area contributed by atoms with Crippen molar-refractivity contribution < 1.29 is 0 Å². The smallest absolute Gasteiger partial charge is 0.106 e. The van der Waals surface area contributed by atoms with E-state index in [1.165, 1.54) is 12.8 Å². The maximum Gasteiger partial charge on any atom is 0.106 e. The lowest BCUT2D eigenvalue weighted by Gasteiger charge is -2.11. The third-order valence-electron chi connectivity index (χ3n) is 3.05. The Morgan fingerprint density at radius 3 is 3.13 bits per heavy atom. The second-order valence-electron chi connectivity index (χ2n) is 4.36. The molecule has 2 unspecified atom stereocenters. The van der Waals surface area contributed by atoms with Crippen molar-refractivity contribution >= 4 is 0 Å². The average molecular weight is 208 g/mol. The molecule has 1 heterocycles. The number of imidazole rings is 1. The summed E-state index contributed by atoms with van der Waals surface area (Å²) in [6.45, 7) is 1.07. The van der Waals surface area contributed by atoms with Crippen LogP contribution in [0.15, 0.2) is 12.4 Å². The summed E-state index contributed by atoms with van der Waals surface area (Å²) in [6, 6.07) is 1.07. The number of nitrogens with two attached hydrogens (primary N) is 1. The van der Waals surface area contributed by atoms with Crippen LogP contribution in [0, 0.1) is 0 Å². The molecular weight excluding hydrogens is 188 g/mol. The molecule has 1 aliphatic carbocycles. The van der Waals surface area contributed by atoms with Crippen molar-refractivity contribution in [2.45, 2.75) is 44.2 Å². The largest absolute Gasteiger partial charge is 0.349 e. The van der Waals surface area contributed by atoms with Gasteiger partial charge in [0.15, 0.2) is 0 Å². The molecule has 0 radical (unpaired) electrons. The summed E-state index contributed by atoms with van der Waals surface area (Å²) in [6.07, 6.45) is 9.40. The first kappa shape index (κ1) is 10.6. The SMILES string of the molecule is NC1CCC(NCCCc2ncc[nH]2)C1. The number of aromatic amines is 1. The fourth-order valence-corrected chi connectivity index (χ4v) is 2.20. The van der Waals surface area contributed by atoms with Gasteiger partial charge in [-0.25, -0.2) is 4.98 Å². The molecule has 4 nitrogen and oxygen atoms in total. The van der Waals surface area contributed by atoms with Gasteiger partial charge in [-0.1, -0.05) is 0 Å². The molecule has 0 aromatic carbocycles. The fourth-order valence-electron chi connectivity index (χ4n) is 2.20. The molecule has 1 aromatic rings. The highest BCUT2D eigenvalue weighted by Gasteiger charge is 2.20. The fraction of sp³-hybridized carbons (Fsp3) is 0.727. The Morgan fingerprint density at radius 1 is 1.53 bits per heavy atom. The number of hydrogen-bond donors (Lipinski definition) is 3. The molecule has 2 rings (SSSR count). The molecule has 15 heavy (non-hydrogen) atoms. The first-order chi connectivity index (χ1) is 7.34. The molecule has 4 N–H and O–H groups in total. The Bertz CT molecular complexity index is 270. The number of rotatable bonds is 5. The molecule has 0 spiro atoms. The Labute approximate surface area is 90.7 Å². The standard InChI is InChI=1S/C11H20N4/c12-9-3-4-10(8-9)13-5-1-2-11-14-6-7-15-11/h6-7,9-10,13H,1-5,8,12H2,(H,14,15). The van der Waals surface area contributed by atoms with Crippen LogP contribution in [0.5, 0.6) is 0 Å². The summed E-state index contributed by atoms with van der Waals surface area (Å²) in [7, 11) is 0. The van der Waals surface area contributed by atoms with E-state index in [0.29, 0.717) is 12.1 Å². The molecule has 2 atom stereocenters. The van der Waals surface area contributed by atoms with Crippen molar-refractivity contribution in [3.05, 3.63) is 18.2 Å². The predicted octanol–water partition coefficient (Wildman–Crippen LogP) is 0.812. The molecule has 1 saturated carbocycles. The molecule has 4 heteroatoms. The van der Waals surface area contributed by atoms with Crippen LogP contribution in [0.4, 0.5) is 0 Å². The van der Waals surface area contributed by atoms with Crippen LogP contribution in [0.1, 0.15) is 31.5 Å². The van der Waals surface area contributed by atoms with Gasteiger partial charge >= 0.3 is 0 Å². The third-order valence-corrected chi connectivity index (χ3v) is 3.05. The van der Waals surface area contributed by atoms with Gasteiger partial charge in [0, 0.05) is 30.9 Å². The van der Waals surface area contributed by atoms with E-state index < -0.39 is 0 Å². The number of nitrogens with zero attached hydrogens (tertiary/aromatic N) is 1. The van der Waals surface area contributed by atoms with E-state index >= 15 is 0 Å². The minimum Gasteiger partial charge on any atom is -0.349 e. The molecule has 0 aliphatic heterocycles. The quantitative estimate of drug-likeness (QED) is 0.627. The summed E-state index contributed by atoms with van der Waals surface area (Å²) < 4.78 is 0. The number of nitrogens with one attached hydrogen (secondary N) is 2. The normalized spacial score (nSPS) is 25.9. The van der Waals surface area contributed by atoms with Gasteiger partial charge in [-0.15, -0.1) is 0 Å². The molecule has 0 bridgehead atoms. The van der Waals surface area contributed by atoms with Crippen LogP contribution in [0.2, 0.25) is 0 Å². The van der Waals surface area contributed by atoms with Gasteiger partial charge in [0.1, 0.15) is 5.82 Å². The highest BCUT2D eigenvalue weighted by atomic mass is 14.9. The average Bonchev–Trinajstić information content (AvgIpc) is 2.84. The summed E-state index contributed by atoms with van der Waals surface area (Å²) in [4.78, 5) is 7.31. The molecule has 1 aromatic heterocycles. The van der Waals surface area contributed by atoms with E-state index in [2.05, 4.69) is 15.3 Å². The van der Waals surface area contributed by atoms with Crippen LogP contribution >= 0.6 is 0 Å². The lowest BCUT2D eigenvalue weighted by molar-refractivity contribution is 0.507. The summed E-state index contributed by atoms with van der Waals surface area (Å²) in [5.74, 6) is 1.08. The molecule has 0 amide bonds. The molecule has 1 aliphatic rings. The Hall–Kier alpha value is -0.870. The van der Waals surface area contributed by atoms with Crippen LogP contribution in [-0.4, -0.2) is 28.6 Å². The Kier molecular flexibility index (Phi) is 3.75. The number of aryl methyl sites for hydroxylation is 1. The van der Waals surface area contributed by atoms with Gasteiger partial charge in [0.05, 0.1) is 0 Å². The first-order valence-electron chi connectivity index (χ1n) is 5.82. The van der Waals surface area contributed by atoms with Crippen LogP contribution in [-0.2, 0) is 6.42 Å². The van der Waals surface area contributed by atoms with Gasteiger partial charge < -0.3 is 16.0 Å². The van der Waals surface area contributed by atoms with Crippen molar-refractivity contribution in [1.82, 2.24) is 15.3 Å². The minimum absolute atomic E-state index is 0.424. The van der Waals surface area contributed by atoms with Gasteiger partial charge in [-0.2, -0.15) is 0 Å². The predicted molar refractivity (Wildman–Crippen MR) is 60.5 cm³/mol. The zero-order chi connectivity index (χ0) is 10.5. The van der Waals surface area contributed by atoms with Gasteiger partial charge in [0.25, 0.3) is 0 Å². The van der Waals surface area contributed by atoms with E-state index in [1.54, 1.807) is 6.20 Å². The van der Waals surface area contributed by atoms with Crippen molar-refractivity contribution in [2.24, 2.45) is 5.73 Å². The van der Waals surface area contributed by atoms with E-state index in [1.807, 2.05) is 6.20 Å². The second kappa shape index (κ2) is 5.28. The van der Waals surface area contributed by atoms with E-state index in [4.69, 9.17) is 5.73 Å². The topological polar surface area (TPSA) is 66.7 Å². The molecule has 0 saturated heterocycles. The van der Waals surface area contributed by atoms with Gasteiger partial charge in [0.2, 0.25) is 0 Å². The Balaban J connectivity index is 1.55.